The van der Waals surface area contributed by atoms with Crippen LogP contribution in [0.25, 0.3) is 0 Å². The first-order valence-corrected chi connectivity index (χ1v) is 4.89. The van der Waals surface area contributed by atoms with Gasteiger partial charge < -0.3 is 14.6 Å². The van der Waals surface area contributed by atoms with E-state index >= 15 is 0 Å². The first-order valence-electron chi connectivity index (χ1n) is 4.89. The number of carbonyl (C=O) groups is 1. The van der Waals surface area contributed by atoms with E-state index in [2.05, 4.69) is 9.97 Å². The molecule has 0 amide bonds. The molecule has 86 valence electrons. The van der Waals surface area contributed by atoms with Crippen LogP contribution in [-0.4, -0.2) is 35.3 Å². The predicted octanol–water partition coefficient (Wildman–Crippen LogP) is 0.608. The van der Waals surface area contributed by atoms with Gasteiger partial charge in [-0.1, -0.05) is 0 Å². The lowest BCUT2D eigenvalue weighted by atomic mass is 10.1. The molecule has 1 atom stereocenters. The molecule has 1 heterocycles. The Kier molecular flexibility index (Phi) is 2.64. The van der Waals surface area contributed by atoms with Gasteiger partial charge in [0, 0.05) is 5.56 Å². The normalized spacial score (nSPS) is 18.0. The molecule has 2 rings (SSSR count). The monoisotopic (exact) mass is 224 g/mol. The van der Waals surface area contributed by atoms with Gasteiger partial charge >= 0.3 is 12.0 Å². The fraction of sp³-hybridized carbons (Fsp3) is 0.500. The number of ether oxygens (including phenoxy) is 2. The van der Waals surface area contributed by atoms with Crippen molar-refractivity contribution in [2.24, 2.45) is 0 Å². The Morgan fingerprint density at radius 3 is 2.69 bits per heavy atom. The van der Waals surface area contributed by atoms with Gasteiger partial charge in [-0.15, -0.1) is 0 Å². The Morgan fingerprint density at radius 2 is 2.12 bits per heavy atom. The van der Waals surface area contributed by atoms with Gasteiger partial charge in [0.25, 0.3) is 0 Å². The Bertz CT molecular complexity index is 433. The largest absolute Gasteiger partial charge is 0.481 e. The number of carboxylic acids is 1. The lowest BCUT2D eigenvalue weighted by molar-refractivity contribution is -0.138. The van der Waals surface area contributed by atoms with Gasteiger partial charge in [-0.3, -0.25) is 4.79 Å². The average molecular weight is 224 g/mol. The number of nitrogens with zero attached hydrogens (tertiary/aromatic N) is 2. The van der Waals surface area contributed by atoms with E-state index in [1.165, 1.54) is 14.2 Å². The summed E-state index contributed by atoms with van der Waals surface area (Å²) in [6.45, 7) is 0. The Labute approximate surface area is 92.2 Å². The van der Waals surface area contributed by atoms with Crippen LogP contribution >= 0.6 is 0 Å². The van der Waals surface area contributed by atoms with Crippen molar-refractivity contribution in [3.8, 4) is 11.9 Å². The second-order valence-electron chi connectivity index (χ2n) is 3.51. The summed E-state index contributed by atoms with van der Waals surface area (Å²) in [5.74, 6) is -1.05. The Balaban J connectivity index is 2.52. The van der Waals surface area contributed by atoms with Crippen LogP contribution in [0.5, 0.6) is 11.9 Å². The zero-order chi connectivity index (χ0) is 11.7. The molecule has 6 nitrogen and oxygen atoms in total. The highest BCUT2D eigenvalue weighted by Gasteiger charge is 2.33. The second-order valence-corrected chi connectivity index (χ2v) is 3.51. The summed E-state index contributed by atoms with van der Waals surface area (Å²) in [5.41, 5.74) is 1.28. The SMILES string of the molecule is COc1nc(OC)c2c(n1)C(C(=O)O)CC2. The molecule has 0 bridgehead atoms. The van der Waals surface area contributed by atoms with Crippen LogP contribution in [0.15, 0.2) is 0 Å². The number of rotatable bonds is 3. The van der Waals surface area contributed by atoms with Gasteiger partial charge in [-0.25, -0.2) is 0 Å². The zero-order valence-electron chi connectivity index (χ0n) is 9.06. The van der Waals surface area contributed by atoms with E-state index in [0.717, 1.165) is 5.56 Å². The molecule has 0 spiro atoms. The smallest absolute Gasteiger partial charge is 0.319 e. The third-order valence-electron chi connectivity index (χ3n) is 2.67. The number of hydrogen-bond acceptors (Lipinski definition) is 5. The van der Waals surface area contributed by atoms with E-state index in [9.17, 15) is 4.79 Å². The van der Waals surface area contributed by atoms with E-state index in [1.807, 2.05) is 0 Å². The fourth-order valence-electron chi connectivity index (χ4n) is 1.91. The van der Waals surface area contributed by atoms with Gasteiger partial charge in [-0.05, 0) is 12.8 Å². The minimum absolute atomic E-state index is 0.142. The number of hydrogen-bond donors (Lipinski definition) is 1. The van der Waals surface area contributed by atoms with Crippen molar-refractivity contribution < 1.29 is 19.4 Å². The van der Waals surface area contributed by atoms with Gasteiger partial charge in [0.2, 0.25) is 5.88 Å². The molecule has 0 saturated heterocycles. The van der Waals surface area contributed by atoms with E-state index in [4.69, 9.17) is 14.6 Å². The van der Waals surface area contributed by atoms with E-state index < -0.39 is 11.9 Å². The van der Waals surface area contributed by atoms with Crippen molar-refractivity contribution in [3.05, 3.63) is 11.3 Å². The number of aromatic nitrogens is 2. The first-order chi connectivity index (χ1) is 7.67. The van der Waals surface area contributed by atoms with Crippen LogP contribution in [0, 0.1) is 0 Å². The van der Waals surface area contributed by atoms with Crippen molar-refractivity contribution in [2.45, 2.75) is 18.8 Å². The van der Waals surface area contributed by atoms with E-state index in [1.54, 1.807) is 0 Å². The van der Waals surface area contributed by atoms with Crippen LogP contribution in [-0.2, 0) is 11.2 Å². The number of fused-ring (bicyclic) bond motifs is 1. The number of methoxy groups -OCH3 is 2. The Morgan fingerprint density at radius 1 is 1.38 bits per heavy atom. The van der Waals surface area contributed by atoms with E-state index in [0.29, 0.717) is 24.4 Å². The molecule has 1 aromatic heterocycles. The molecular weight excluding hydrogens is 212 g/mol. The van der Waals surface area contributed by atoms with Gasteiger partial charge in [0.1, 0.15) is 0 Å². The maximum atomic E-state index is 11.0. The molecule has 1 aliphatic carbocycles. The minimum atomic E-state index is -0.874. The second kappa shape index (κ2) is 3.96. The molecule has 6 heteroatoms. The molecule has 0 radical (unpaired) electrons. The van der Waals surface area contributed by atoms with Gasteiger partial charge in [0.05, 0.1) is 25.8 Å². The molecule has 0 saturated carbocycles. The van der Waals surface area contributed by atoms with E-state index in [-0.39, 0.29) is 6.01 Å². The molecular formula is C10H12N2O4. The molecule has 1 unspecified atom stereocenters. The van der Waals surface area contributed by atoms with Crippen LogP contribution < -0.4 is 9.47 Å². The predicted molar refractivity (Wildman–Crippen MR) is 53.8 cm³/mol. The zero-order valence-corrected chi connectivity index (χ0v) is 9.06. The molecule has 16 heavy (non-hydrogen) atoms. The lowest BCUT2D eigenvalue weighted by Crippen LogP contribution is -2.11. The molecule has 1 aromatic rings. The van der Waals surface area contributed by atoms with Gasteiger partial charge in [0.15, 0.2) is 0 Å². The summed E-state index contributed by atoms with van der Waals surface area (Å²) in [6, 6.07) is 0.142. The van der Waals surface area contributed by atoms with Crippen molar-refractivity contribution in [2.75, 3.05) is 14.2 Å². The molecule has 0 fully saturated rings. The van der Waals surface area contributed by atoms with Crippen LogP contribution in [0.4, 0.5) is 0 Å². The van der Waals surface area contributed by atoms with Crippen molar-refractivity contribution >= 4 is 5.97 Å². The number of aliphatic carboxylic acids is 1. The van der Waals surface area contributed by atoms with Crippen LogP contribution in [0.1, 0.15) is 23.6 Å². The third-order valence-corrected chi connectivity index (χ3v) is 2.67. The third kappa shape index (κ3) is 1.56. The summed E-state index contributed by atoms with van der Waals surface area (Å²) in [6.07, 6.45) is 1.16. The number of carboxylic acid groups (broad SMARTS) is 1. The standard InChI is InChI=1S/C10H12N2O4/c1-15-8-5-3-4-6(9(13)14)7(5)11-10(12-8)16-2/h6H,3-4H2,1-2H3,(H,13,14). The summed E-state index contributed by atoms with van der Waals surface area (Å²) in [7, 11) is 2.93. The molecule has 0 aromatic carbocycles. The summed E-state index contributed by atoms with van der Waals surface area (Å²) < 4.78 is 10.0. The first kappa shape index (κ1) is 10.7. The quantitative estimate of drug-likeness (QED) is 0.810. The maximum absolute atomic E-state index is 11.0. The lowest BCUT2D eigenvalue weighted by Gasteiger charge is -2.09. The van der Waals surface area contributed by atoms with Crippen molar-refractivity contribution in [3.63, 3.8) is 0 Å². The average Bonchev–Trinajstić information content (AvgIpc) is 2.71. The summed E-state index contributed by atoms with van der Waals surface area (Å²) >= 11 is 0. The highest BCUT2D eigenvalue weighted by molar-refractivity contribution is 5.77. The molecule has 1 N–H and O–H groups in total. The highest BCUT2D eigenvalue weighted by Crippen LogP contribution is 2.37. The highest BCUT2D eigenvalue weighted by atomic mass is 16.5. The summed E-state index contributed by atoms with van der Waals surface area (Å²) in [5, 5.41) is 9.05. The van der Waals surface area contributed by atoms with Gasteiger partial charge in [-0.2, -0.15) is 9.97 Å². The molecule has 1 aliphatic rings. The van der Waals surface area contributed by atoms with Crippen LogP contribution in [0.3, 0.4) is 0 Å². The van der Waals surface area contributed by atoms with Crippen molar-refractivity contribution in [1.82, 2.24) is 9.97 Å². The van der Waals surface area contributed by atoms with Crippen molar-refractivity contribution in [1.29, 1.82) is 0 Å². The minimum Gasteiger partial charge on any atom is -0.481 e. The maximum Gasteiger partial charge on any atom is 0.319 e. The topological polar surface area (TPSA) is 81.5 Å². The van der Waals surface area contributed by atoms with Crippen LogP contribution in [0.2, 0.25) is 0 Å². The Hall–Kier alpha value is -1.85. The fourth-order valence-corrected chi connectivity index (χ4v) is 1.91. The molecule has 0 aliphatic heterocycles. The summed E-state index contributed by atoms with van der Waals surface area (Å²) in [4.78, 5) is 19.1.